The zero-order valence-electron chi connectivity index (χ0n) is 11.6. The maximum absolute atomic E-state index is 11.0. The molecule has 7 nitrogen and oxygen atoms in total. The topological polar surface area (TPSA) is 103 Å². The summed E-state index contributed by atoms with van der Waals surface area (Å²) in [4.78, 5) is 26.0. The average molecular weight is 273 g/mol. The van der Waals surface area contributed by atoms with Crippen molar-refractivity contribution in [3.8, 4) is 0 Å². The summed E-state index contributed by atoms with van der Waals surface area (Å²) in [5.74, 6) is -0.127. The number of unbranched alkanes of at least 4 members (excludes halogenated alkanes) is 2. The van der Waals surface area contributed by atoms with Crippen molar-refractivity contribution in [2.75, 3.05) is 19.8 Å². The third-order valence-corrected chi connectivity index (χ3v) is 2.13. The van der Waals surface area contributed by atoms with Crippen molar-refractivity contribution in [2.24, 2.45) is 10.7 Å². The number of nitrogens with zero attached hydrogens (tertiary/aromatic N) is 1. The lowest BCUT2D eigenvalue weighted by Crippen LogP contribution is -2.37. The average Bonchev–Trinajstić information content (AvgIpc) is 2.34. The predicted octanol–water partition coefficient (Wildman–Crippen LogP) is 1.17. The van der Waals surface area contributed by atoms with Crippen LogP contribution in [0.1, 0.15) is 39.5 Å². The van der Waals surface area contributed by atoms with Crippen molar-refractivity contribution in [3.63, 3.8) is 0 Å². The maximum Gasteiger partial charge on any atom is 0.413 e. The Bertz CT molecular complexity index is 305. The van der Waals surface area contributed by atoms with Crippen molar-refractivity contribution in [1.82, 2.24) is 5.32 Å². The molecule has 3 N–H and O–H groups in total. The fourth-order valence-electron chi connectivity index (χ4n) is 1.30. The predicted molar refractivity (Wildman–Crippen MR) is 71.7 cm³/mol. The highest BCUT2D eigenvalue weighted by atomic mass is 16.5. The number of carbonyl (C=O) groups excluding carboxylic acids is 2. The second kappa shape index (κ2) is 11.3. The van der Waals surface area contributed by atoms with Crippen LogP contribution in [0.2, 0.25) is 0 Å². The van der Waals surface area contributed by atoms with E-state index >= 15 is 0 Å². The van der Waals surface area contributed by atoms with Gasteiger partial charge in [-0.2, -0.15) is 0 Å². The molecule has 0 aromatic carbocycles. The van der Waals surface area contributed by atoms with Crippen LogP contribution in [0.25, 0.3) is 0 Å². The normalized spacial score (nSPS) is 10.9. The molecule has 0 heterocycles. The molecular formula is C12H23N3O4. The summed E-state index contributed by atoms with van der Waals surface area (Å²) in [6, 6.07) is 0. The lowest BCUT2D eigenvalue weighted by atomic mass is 10.2. The molecule has 0 atom stereocenters. The fraction of sp³-hybridized carbons (Fsp3) is 0.750. The monoisotopic (exact) mass is 273 g/mol. The van der Waals surface area contributed by atoms with E-state index in [2.05, 4.69) is 15.0 Å². The van der Waals surface area contributed by atoms with Crippen molar-refractivity contribution >= 4 is 18.0 Å². The first-order chi connectivity index (χ1) is 9.10. The van der Waals surface area contributed by atoms with Crippen LogP contribution in [0.3, 0.4) is 0 Å². The zero-order valence-corrected chi connectivity index (χ0v) is 11.6. The van der Waals surface area contributed by atoms with Gasteiger partial charge in [0.15, 0.2) is 5.96 Å². The lowest BCUT2D eigenvalue weighted by molar-refractivity contribution is -0.143. The molecule has 0 rings (SSSR count). The number of nitrogens with one attached hydrogen (secondary N) is 1. The highest BCUT2D eigenvalue weighted by molar-refractivity contribution is 5.92. The lowest BCUT2D eigenvalue weighted by Gasteiger charge is -2.04. The Kier molecular flexibility index (Phi) is 10.2. The summed E-state index contributed by atoms with van der Waals surface area (Å²) in [7, 11) is 0. The van der Waals surface area contributed by atoms with Crippen molar-refractivity contribution in [1.29, 1.82) is 0 Å². The molecule has 0 bridgehead atoms. The summed E-state index contributed by atoms with van der Waals surface area (Å²) < 4.78 is 9.45. The highest BCUT2D eigenvalue weighted by Gasteiger charge is 2.02. The number of rotatable bonds is 8. The molecule has 0 saturated heterocycles. The first-order valence-corrected chi connectivity index (χ1v) is 6.49. The van der Waals surface area contributed by atoms with E-state index in [4.69, 9.17) is 10.5 Å². The number of hydrogen-bond acceptors (Lipinski definition) is 5. The van der Waals surface area contributed by atoms with Crippen LogP contribution >= 0.6 is 0 Å². The van der Waals surface area contributed by atoms with Crippen LogP contribution in [-0.4, -0.2) is 37.8 Å². The first kappa shape index (κ1) is 17.2. The molecule has 0 aliphatic heterocycles. The van der Waals surface area contributed by atoms with Gasteiger partial charge in [-0.05, 0) is 26.7 Å². The summed E-state index contributed by atoms with van der Waals surface area (Å²) in [6.45, 7) is 4.69. The number of ether oxygens (including phenoxy) is 2. The number of guanidine groups is 1. The van der Waals surface area contributed by atoms with Crippen LogP contribution in [0.4, 0.5) is 4.79 Å². The van der Waals surface area contributed by atoms with Gasteiger partial charge in [0.05, 0.1) is 13.2 Å². The van der Waals surface area contributed by atoms with E-state index < -0.39 is 6.09 Å². The number of alkyl carbamates (subject to hydrolysis) is 1. The molecule has 110 valence electrons. The quantitative estimate of drug-likeness (QED) is 0.299. The molecule has 0 radical (unpaired) electrons. The van der Waals surface area contributed by atoms with E-state index in [1.165, 1.54) is 0 Å². The second-order valence-electron chi connectivity index (χ2n) is 3.73. The molecule has 1 amide bonds. The molecule has 19 heavy (non-hydrogen) atoms. The molecular weight excluding hydrogens is 250 g/mol. The summed E-state index contributed by atoms with van der Waals surface area (Å²) in [5.41, 5.74) is 5.47. The standard InChI is InChI=1S/C12H23N3O4/c1-3-18-10(16)8-6-5-7-9-14-11(13)15-12(17)19-4-2/h3-9H2,1-2H3,(H3,13,14,15,17). The third kappa shape index (κ3) is 11.1. The minimum atomic E-state index is -0.605. The summed E-state index contributed by atoms with van der Waals surface area (Å²) >= 11 is 0. The second-order valence-corrected chi connectivity index (χ2v) is 3.73. The Labute approximate surface area is 113 Å². The van der Waals surface area contributed by atoms with Crippen LogP contribution in [0, 0.1) is 0 Å². The molecule has 0 unspecified atom stereocenters. The summed E-state index contributed by atoms with van der Waals surface area (Å²) in [6.07, 6.45) is 2.24. The van der Waals surface area contributed by atoms with Crippen molar-refractivity contribution in [2.45, 2.75) is 39.5 Å². The van der Waals surface area contributed by atoms with Gasteiger partial charge in [0, 0.05) is 13.0 Å². The number of hydrogen-bond donors (Lipinski definition) is 2. The Morgan fingerprint density at radius 2 is 1.79 bits per heavy atom. The molecule has 0 saturated carbocycles. The van der Waals surface area contributed by atoms with E-state index in [0.717, 1.165) is 19.3 Å². The summed E-state index contributed by atoms with van der Waals surface area (Å²) in [5, 5.41) is 2.30. The van der Waals surface area contributed by atoms with Crippen LogP contribution in [0.15, 0.2) is 4.99 Å². The van der Waals surface area contributed by atoms with E-state index in [1.807, 2.05) is 0 Å². The molecule has 0 aromatic heterocycles. The maximum atomic E-state index is 11.0. The smallest absolute Gasteiger partial charge is 0.413 e. The van der Waals surface area contributed by atoms with E-state index in [9.17, 15) is 9.59 Å². The van der Waals surface area contributed by atoms with Gasteiger partial charge in [0.1, 0.15) is 0 Å². The third-order valence-electron chi connectivity index (χ3n) is 2.13. The molecule has 0 aliphatic carbocycles. The van der Waals surface area contributed by atoms with Crippen LogP contribution < -0.4 is 11.1 Å². The minimum Gasteiger partial charge on any atom is -0.466 e. The van der Waals surface area contributed by atoms with Gasteiger partial charge in [-0.1, -0.05) is 6.42 Å². The molecule has 0 fully saturated rings. The van der Waals surface area contributed by atoms with Gasteiger partial charge in [-0.15, -0.1) is 0 Å². The van der Waals surface area contributed by atoms with Crippen molar-refractivity contribution < 1.29 is 19.1 Å². The van der Waals surface area contributed by atoms with E-state index in [-0.39, 0.29) is 18.5 Å². The van der Waals surface area contributed by atoms with Gasteiger partial charge in [0.25, 0.3) is 0 Å². The van der Waals surface area contributed by atoms with Gasteiger partial charge in [-0.25, -0.2) is 4.79 Å². The van der Waals surface area contributed by atoms with Gasteiger partial charge in [0.2, 0.25) is 0 Å². The number of aliphatic imine (C=N–C) groups is 1. The number of carbonyl (C=O) groups is 2. The molecule has 0 aromatic rings. The Morgan fingerprint density at radius 1 is 1.11 bits per heavy atom. The molecule has 7 heteroatoms. The number of nitrogens with two attached hydrogens (primary N) is 1. The fourth-order valence-corrected chi connectivity index (χ4v) is 1.30. The Balaban J connectivity index is 3.56. The first-order valence-electron chi connectivity index (χ1n) is 6.49. The van der Waals surface area contributed by atoms with Crippen LogP contribution in [-0.2, 0) is 14.3 Å². The molecule has 0 aliphatic rings. The van der Waals surface area contributed by atoms with Gasteiger partial charge < -0.3 is 15.2 Å². The Morgan fingerprint density at radius 3 is 2.42 bits per heavy atom. The number of esters is 1. The Hall–Kier alpha value is -1.79. The molecule has 0 spiro atoms. The SMILES string of the molecule is CCOC(=O)CCCCCN=C(N)NC(=O)OCC. The van der Waals surface area contributed by atoms with Gasteiger partial charge >= 0.3 is 12.1 Å². The zero-order chi connectivity index (χ0) is 14.5. The van der Waals surface area contributed by atoms with Gasteiger partial charge in [-0.3, -0.25) is 15.1 Å². The number of amides is 1. The highest BCUT2D eigenvalue weighted by Crippen LogP contribution is 2.01. The van der Waals surface area contributed by atoms with Crippen LogP contribution in [0.5, 0.6) is 0 Å². The van der Waals surface area contributed by atoms with E-state index in [0.29, 0.717) is 19.6 Å². The minimum absolute atomic E-state index is 0.0452. The van der Waals surface area contributed by atoms with Crippen molar-refractivity contribution in [3.05, 3.63) is 0 Å². The van der Waals surface area contributed by atoms with E-state index in [1.54, 1.807) is 13.8 Å². The largest absolute Gasteiger partial charge is 0.466 e.